The molecule has 4 atom stereocenters. The highest BCUT2D eigenvalue weighted by molar-refractivity contribution is 9.09. The minimum Gasteiger partial charge on any atom is -0.0832 e. The fourth-order valence-electron chi connectivity index (χ4n) is 4.53. The molecule has 0 aliphatic heterocycles. The minimum absolute atomic E-state index is 0.335. The maximum Gasteiger partial charge on any atom is 0.0473 e. The summed E-state index contributed by atoms with van der Waals surface area (Å²) in [6.07, 6.45) is 0. The van der Waals surface area contributed by atoms with Gasteiger partial charge in [0.25, 0.3) is 0 Å². The second-order valence-corrected chi connectivity index (χ2v) is 8.63. The molecule has 0 saturated carbocycles. The zero-order valence-corrected chi connectivity index (χ0v) is 16.2. The molecule has 0 nitrogen and oxygen atoms in total. The van der Waals surface area contributed by atoms with Crippen LogP contribution in [0.2, 0.25) is 0 Å². The minimum atomic E-state index is 0.335. The van der Waals surface area contributed by atoms with Gasteiger partial charge in [-0.15, -0.1) is 0 Å². The molecule has 0 aromatic heterocycles. The van der Waals surface area contributed by atoms with Crippen LogP contribution in [0.1, 0.15) is 43.7 Å². The molecular formula is C22H16Br2. The predicted molar refractivity (Wildman–Crippen MR) is 107 cm³/mol. The van der Waals surface area contributed by atoms with Gasteiger partial charge in [0, 0.05) is 21.5 Å². The number of halogens is 2. The molecule has 2 aliphatic rings. The van der Waals surface area contributed by atoms with E-state index in [0.717, 1.165) is 0 Å². The van der Waals surface area contributed by atoms with Gasteiger partial charge in [0.1, 0.15) is 0 Å². The molecule has 0 amide bonds. The number of fused-ring (bicyclic) bond motifs is 7. The SMILES string of the molecule is Br[C@@H]1c2ccccc2[C@H](Br)[C@H]2c3ccccc3-c3ccccc3[C@H]21. The Morgan fingerprint density at radius 2 is 0.792 bits per heavy atom. The molecule has 0 radical (unpaired) electrons. The van der Waals surface area contributed by atoms with Crippen LogP contribution in [0.25, 0.3) is 11.1 Å². The van der Waals surface area contributed by atoms with Crippen molar-refractivity contribution in [1.29, 1.82) is 0 Å². The first-order chi connectivity index (χ1) is 11.8. The topological polar surface area (TPSA) is 0 Å². The molecule has 0 saturated heterocycles. The summed E-state index contributed by atoms with van der Waals surface area (Å²) < 4.78 is 0. The Kier molecular flexibility index (Phi) is 3.46. The van der Waals surface area contributed by atoms with Gasteiger partial charge in [0.2, 0.25) is 0 Å². The molecule has 2 aliphatic carbocycles. The lowest BCUT2D eigenvalue weighted by molar-refractivity contribution is 0.490. The van der Waals surface area contributed by atoms with E-state index in [9.17, 15) is 0 Å². The largest absolute Gasteiger partial charge is 0.0832 e. The first-order valence-electron chi connectivity index (χ1n) is 8.32. The third kappa shape index (κ3) is 1.96. The van der Waals surface area contributed by atoms with Crippen molar-refractivity contribution in [3.63, 3.8) is 0 Å². The van der Waals surface area contributed by atoms with E-state index in [0.29, 0.717) is 21.5 Å². The highest BCUT2D eigenvalue weighted by Crippen LogP contribution is 2.63. The number of alkyl halides is 2. The second kappa shape index (κ2) is 5.57. The van der Waals surface area contributed by atoms with E-state index >= 15 is 0 Å². The number of hydrogen-bond donors (Lipinski definition) is 0. The standard InChI is InChI=1S/C22H16Br2/c23-21-17-11-5-6-12-18(17)22(24)20-16-10-4-2-8-14(16)13-7-1-3-9-15(13)19(20)21/h1-12,19-22H/t19-,20+,21-,22+. The maximum absolute atomic E-state index is 4.06. The summed E-state index contributed by atoms with van der Waals surface area (Å²) in [5.41, 5.74) is 8.52. The van der Waals surface area contributed by atoms with E-state index in [1.165, 1.54) is 33.4 Å². The van der Waals surface area contributed by atoms with Crippen molar-refractivity contribution >= 4 is 31.9 Å². The molecule has 3 aromatic rings. The Bertz CT molecular complexity index is 854. The zero-order valence-electron chi connectivity index (χ0n) is 13.0. The molecule has 3 aromatic carbocycles. The first kappa shape index (κ1) is 14.9. The number of hydrogen-bond acceptors (Lipinski definition) is 0. The molecule has 0 fully saturated rings. The van der Waals surface area contributed by atoms with Crippen LogP contribution >= 0.6 is 31.9 Å². The van der Waals surface area contributed by atoms with Gasteiger partial charge in [-0.3, -0.25) is 0 Å². The van der Waals surface area contributed by atoms with Gasteiger partial charge < -0.3 is 0 Å². The van der Waals surface area contributed by atoms with Gasteiger partial charge in [0.15, 0.2) is 0 Å². The van der Waals surface area contributed by atoms with E-state index < -0.39 is 0 Å². The Morgan fingerprint density at radius 3 is 1.21 bits per heavy atom. The molecule has 5 rings (SSSR count). The van der Waals surface area contributed by atoms with Crippen LogP contribution in [0.15, 0.2) is 72.8 Å². The quantitative estimate of drug-likeness (QED) is 0.327. The van der Waals surface area contributed by atoms with E-state index in [4.69, 9.17) is 0 Å². The van der Waals surface area contributed by atoms with Crippen LogP contribution < -0.4 is 0 Å². The fraction of sp³-hybridized carbons (Fsp3) is 0.182. The summed E-state index contributed by atoms with van der Waals surface area (Å²) in [6, 6.07) is 26.7. The molecule has 0 bridgehead atoms. The smallest absolute Gasteiger partial charge is 0.0473 e. The zero-order chi connectivity index (χ0) is 16.3. The van der Waals surface area contributed by atoms with Crippen LogP contribution in [0.4, 0.5) is 0 Å². The number of benzene rings is 3. The summed E-state index contributed by atoms with van der Waals surface area (Å²) >= 11 is 8.11. The summed E-state index contributed by atoms with van der Waals surface area (Å²) in [5, 5.41) is 0. The van der Waals surface area contributed by atoms with Crippen molar-refractivity contribution in [2.45, 2.75) is 21.5 Å². The lowest BCUT2D eigenvalue weighted by atomic mass is 9.64. The van der Waals surface area contributed by atoms with Crippen molar-refractivity contribution in [3.05, 3.63) is 95.1 Å². The molecule has 0 spiro atoms. The Labute approximate surface area is 159 Å². The third-order valence-corrected chi connectivity index (χ3v) is 7.66. The highest BCUT2D eigenvalue weighted by Gasteiger charge is 2.45. The normalized spacial score (nSPS) is 26.8. The molecule has 0 N–H and O–H groups in total. The molecular weight excluding hydrogens is 424 g/mol. The van der Waals surface area contributed by atoms with Gasteiger partial charge in [-0.25, -0.2) is 0 Å². The highest BCUT2D eigenvalue weighted by atomic mass is 79.9. The first-order valence-corrected chi connectivity index (χ1v) is 10.2. The fourth-order valence-corrected chi connectivity index (χ4v) is 6.59. The van der Waals surface area contributed by atoms with Gasteiger partial charge in [-0.05, 0) is 33.4 Å². The van der Waals surface area contributed by atoms with Crippen molar-refractivity contribution in [1.82, 2.24) is 0 Å². The van der Waals surface area contributed by atoms with Crippen LogP contribution in [-0.2, 0) is 0 Å². The summed E-state index contributed by atoms with van der Waals surface area (Å²) in [4.78, 5) is 0.670. The third-order valence-electron chi connectivity index (χ3n) is 5.54. The van der Waals surface area contributed by atoms with Crippen LogP contribution in [0.3, 0.4) is 0 Å². The maximum atomic E-state index is 4.06. The van der Waals surface area contributed by atoms with Crippen LogP contribution in [0, 0.1) is 0 Å². The predicted octanol–water partition coefficient (Wildman–Crippen LogP) is 7.12. The Balaban J connectivity index is 1.83. The molecule has 24 heavy (non-hydrogen) atoms. The number of rotatable bonds is 0. The van der Waals surface area contributed by atoms with Crippen LogP contribution in [-0.4, -0.2) is 0 Å². The van der Waals surface area contributed by atoms with Crippen molar-refractivity contribution < 1.29 is 0 Å². The Morgan fingerprint density at radius 1 is 0.458 bits per heavy atom. The summed E-state index contributed by atoms with van der Waals surface area (Å²) in [6.45, 7) is 0. The molecule has 2 heteroatoms. The van der Waals surface area contributed by atoms with E-state index in [1.807, 2.05) is 0 Å². The van der Waals surface area contributed by atoms with E-state index in [2.05, 4.69) is 105 Å². The average Bonchev–Trinajstić information content (AvgIpc) is 2.65. The Hall–Kier alpha value is -1.38. The summed E-state index contributed by atoms with van der Waals surface area (Å²) in [5.74, 6) is 0.880. The molecule has 118 valence electrons. The van der Waals surface area contributed by atoms with Crippen molar-refractivity contribution in [3.8, 4) is 11.1 Å². The van der Waals surface area contributed by atoms with Crippen molar-refractivity contribution in [2.75, 3.05) is 0 Å². The van der Waals surface area contributed by atoms with Gasteiger partial charge in [-0.1, -0.05) is 105 Å². The van der Waals surface area contributed by atoms with Crippen LogP contribution in [0.5, 0.6) is 0 Å². The van der Waals surface area contributed by atoms with E-state index in [1.54, 1.807) is 0 Å². The average molecular weight is 440 g/mol. The summed E-state index contributed by atoms with van der Waals surface area (Å²) in [7, 11) is 0. The molecule has 0 heterocycles. The molecule has 0 unspecified atom stereocenters. The lowest BCUT2D eigenvalue weighted by Crippen LogP contribution is -2.29. The van der Waals surface area contributed by atoms with E-state index in [-0.39, 0.29) is 0 Å². The second-order valence-electron chi connectivity index (χ2n) is 6.66. The van der Waals surface area contributed by atoms with Gasteiger partial charge >= 0.3 is 0 Å². The van der Waals surface area contributed by atoms with Crippen molar-refractivity contribution in [2.24, 2.45) is 0 Å². The lowest BCUT2D eigenvalue weighted by Gasteiger charge is -2.45. The van der Waals surface area contributed by atoms with Gasteiger partial charge in [0.05, 0.1) is 0 Å². The monoisotopic (exact) mass is 438 g/mol. The van der Waals surface area contributed by atoms with Gasteiger partial charge in [-0.2, -0.15) is 0 Å².